The van der Waals surface area contributed by atoms with E-state index in [1.165, 1.54) is 0 Å². The van der Waals surface area contributed by atoms with Gasteiger partial charge in [-0.3, -0.25) is 14.5 Å². The standard InChI is InChI=1S/C28H41N3O4/c1-23-11-12-25(35-23)21-31(20-24-9-6-5-7-10-24)27(33)22-30(26(32)19-28(2,3)4)14-8-13-29-15-17-34-18-16-29/h5-7,9-12H,8,13-22H2,1-4H3. The van der Waals surface area contributed by atoms with Crippen LogP contribution in [0.4, 0.5) is 0 Å². The van der Waals surface area contributed by atoms with Crippen LogP contribution in [-0.2, 0) is 27.4 Å². The Kier molecular flexibility index (Phi) is 9.93. The predicted octanol–water partition coefficient (Wildman–Crippen LogP) is 4.10. The van der Waals surface area contributed by atoms with Gasteiger partial charge in [0.2, 0.25) is 11.8 Å². The summed E-state index contributed by atoms with van der Waals surface area (Å²) in [6.45, 7) is 13.8. The molecule has 2 amide bonds. The molecule has 3 rings (SSSR count). The Morgan fingerprint density at radius 1 is 0.943 bits per heavy atom. The highest BCUT2D eigenvalue weighted by molar-refractivity contribution is 5.85. The molecule has 0 unspecified atom stereocenters. The number of carbonyl (C=O) groups is 2. The fraction of sp³-hybridized carbons (Fsp3) is 0.571. The average molecular weight is 484 g/mol. The molecule has 1 aromatic carbocycles. The molecule has 1 aromatic heterocycles. The number of nitrogens with zero attached hydrogens (tertiary/aromatic N) is 3. The molecule has 1 aliphatic rings. The van der Waals surface area contributed by atoms with Crippen molar-refractivity contribution < 1.29 is 18.7 Å². The van der Waals surface area contributed by atoms with Gasteiger partial charge in [0, 0.05) is 39.1 Å². The lowest BCUT2D eigenvalue weighted by molar-refractivity contribution is -0.142. The fourth-order valence-corrected chi connectivity index (χ4v) is 4.22. The molecule has 7 nitrogen and oxygen atoms in total. The summed E-state index contributed by atoms with van der Waals surface area (Å²) in [6.07, 6.45) is 1.24. The summed E-state index contributed by atoms with van der Waals surface area (Å²) in [7, 11) is 0. The summed E-state index contributed by atoms with van der Waals surface area (Å²) in [5.74, 6) is 1.52. The van der Waals surface area contributed by atoms with Crippen molar-refractivity contribution in [1.82, 2.24) is 14.7 Å². The third-order valence-corrected chi connectivity index (χ3v) is 6.08. The normalized spacial score (nSPS) is 14.6. The summed E-state index contributed by atoms with van der Waals surface area (Å²) in [5, 5.41) is 0. The van der Waals surface area contributed by atoms with E-state index in [9.17, 15) is 9.59 Å². The van der Waals surface area contributed by atoms with Gasteiger partial charge in [-0.25, -0.2) is 0 Å². The van der Waals surface area contributed by atoms with E-state index in [4.69, 9.17) is 9.15 Å². The van der Waals surface area contributed by atoms with Crippen LogP contribution in [0.2, 0.25) is 0 Å². The molecule has 1 fully saturated rings. The fourth-order valence-electron chi connectivity index (χ4n) is 4.22. The average Bonchev–Trinajstić information content (AvgIpc) is 3.22. The predicted molar refractivity (Wildman–Crippen MR) is 137 cm³/mol. The van der Waals surface area contributed by atoms with Gasteiger partial charge in [-0.2, -0.15) is 0 Å². The molecular weight excluding hydrogens is 442 g/mol. The van der Waals surface area contributed by atoms with Gasteiger partial charge >= 0.3 is 0 Å². The van der Waals surface area contributed by atoms with Crippen LogP contribution in [0, 0.1) is 12.3 Å². The number of hydrogen-bond donors (Lipinski definition) is 0. The number of rotatable bonds is 11. The Morgan fingerprint density at radius 2 is 1.66 bits per heavy atom. The van der Waals surface area contributed by atoms with Crippen molar-refractivity contribution in [2.45, 2.75) is 53.6 Å². The maximum absolute atomic E-state index is 13.6. The van der Waals surface area contributed by atoms with Gasteiger partial charge in [0.05, 0.1) is 26.3 Å². The first-order valence-electron chi connectivity index (χ1n) is 12.6. The monoisotopic (exact) mass is 483 g/mol. The van der Waals surface area contributed by atoms with Gasteiger partial charge in [0.15, 0.2) is 0 Å². The van der Waals surface area contributed by atoms with Gasteiger partial charge in [-0.05, 0) is 36.5 Å². The van der Waals surface area contributed by atoms with E-state index in [2.05, 4.69) is 25.7 Å². The van der Waals surface area contributed by atoms with Gasteiger partial charge in [0.1, 0.15) is 11.5 Å². The molecule has 0 atom stereocenters. The molecule has 0 radical (unpaired) electrons. The number of hydrogen-bond acceptors (Lipinski definition) is 5. The van der Waals surface area contributed by atoms with Crippen LogP contribution >= 0.6 is 0 Å². The lowest BCUT2D eigenvalue weighted by atomic mass is 9.91. The van der Waals surface area contributed by atoms with Crippen LogP contribution in [-0.4, -0.2) is 72.5 Å². The van der Waals surface area contributed by atoms with Crippen molar-refractivity contribution in [2.24, 2.45) is 5.41 Å². The Hall–Kier alpha value is -2.64. The highest BCUT2D eigenvalue weighted by atomic mass is 16.5. The molecular formula is C28H41N3O4. The van der Waals surface area contributed by atoms with Gasteiger partial charge in [-0.15, -0.1) is 0 Å². The summed E-state index contributed by atoms with van der Waals surface area (Å²) >= 11 is 0. The second-order valence-electron chi connectivity index (χ2n) is 10.6. The SMILES string of the molecule is Cc1ccc(CN(Cc2ccccc2)C(=O)CN(CCCN2CCOCC2)C(=O)CC(C)(C)C)o1. The number of benzene rings is 1. The Balaban J connectivity index is 1.69. The minimum atomic E-state index is -0.141. The van der Waals surface area contributed by atoms with E-state index in [-0.39, 0.29) is 23.8 Å². The molecule has 1 saturated heterocycles. The van der Waals surface area contributed by atoms with E-state index in [0.29, 0.717) is 26.1 Å². The number of carbonyl (C=O) groups excluding carboxylic acids is 2. The lowest BCUT2D eigenvalue weighted by Crippen LogP contribution is -2.44. The van der Waals surface area contributed by atoms with Crippen molar-refractivity contribution in [3.63, 3.8) is 0 Å². The van der Waals surface area contributed by atoms with Crippen LogP contribution in [0.5, 0.6) is 0 Å². The highest BCUT2D eigenvalue weighted by Gasteiger charge is 2.26. The molecule has 0 bridgehead atoms. The van der Waals surface area contributed by atoms with Gasteiger partial charge in [0.25, 0.3) is 0 Å². The smallest absolute Gasteiger partial charge is 0.242 e. The van der Waals surface area contributed by atoms with Crippen LogP contribution in [0.25, 0.3) is 0 Å². The summed E-state index contributed by atoms with van der Waals surface area (Å²) < 4.78 is 11.2. The first-order valence-corrected chi connectivity index (χ1v) is 12.6. The Labute approximate surface area is 210 Å². The zero-order chi connectivity index (χ0) is 25.3. The zero-order valence-corrected chi connectivity index (χ0v) is 21.8. The second-order valence-corrected chi connectivity index (χ2v) is 10.6. The van der Waals surface area contributed by atoms with Crippen molar-refractivity contribution >= 4 is 11.8 Å². The first-order chi connectivity index (χ1) is 16.7. The van der Waals surface area contributed by atoms with Crippen LogP contribution in [0.1, 0.15) is 50.7 Å². The number of aryl methyl sites for hydroxylation is 1. The number of furan rings is 1. The number of ether oxygens (including phenoxy) is 1. The van der Waals surface area contributed by atoms with E-state index in [1.807, 2.05) is 49.4 Å². The molecule has 0 spiro atoms. The maximum atomic E-state index is 13.6. The maximum Gasteiger partial charge on any atom is 0.242 e. The van der Waals surface area contributed by atoms with Gasteiger partial charge < -0.3 is 19.0 Å². The number of morpholine rings is 1. The summed E-state index contributed by atoms with van der Waals surface area (Å²) in [6, 6.07) is 13.8. The second kappa shape index (κ2) is 12.9. The molecule has 192 valence electrons. The van der Waals surface area contributed by atoms with Crippen LogP contribution in [0.15, 0.2) is 46.9 Å². The van der Waals surface area contributed by atoms with Crippen molar-refractivity contribution in [3.8, 4) is 0 Å². The number of amides is 2. The zero-order valence-electron chi connectivity index (χ0n) is 21.8. The van der Waals surface area contributed by atoms with Crippen molar-refractivity contribution in [3.05, 3.63) is 59.5 Å². The topological polar surface area (TPSA) is 66.2 Å². The van der Waals surface area contributed by atoms with Crippen LogP contribution < -0.4 is 0 Å². The van der Waals surface area contributed by atoms with E-state index in [1.54, 1.807) is 9.80 Å². The molecule has 0 saturated carbocycles. The molecule has 0 aliphatic carbocycles. The Morgan fingerprint density at radius 3 is 2.29 bits per heavy atom. The molecule has 2 aromatic rings. The minimum absolute atomic E-state index is 0.0290. The van der Waals surface area contributed by atoms with Crippen molar-refractivity contribution in [2.75, 3.05) is 45.9 Å². The molecule has 35 heavy (non-hydrogen) atoms. The van der Waals surface area contributed by atoms with E-state index >= 15 is 0 Å². The van der Waals surface area contributed by atoms with Gasteiger partial charge in [-0.1, -0.05) is 51.1 Å². The highest BCUT2D eigenvalue weighted by Crippen LogP contribution is 2.21. The largest absolute Gasteiger partial charge is 0.464 e. The quantitative estimate of drug-likeness (QED) is 0.481. The third kappa shape index (κ3) is 9.49. The molecule has 0 N–H and O–H groups in total. The minimum Gasteiger partial charge on any atom is -0.464 e. The summed E-state index contributed by atoms with van der Waals surface area (Å²) in [4.78, 5) is 32.7. The molecule has 2 heterocycles. The van der Waals surface area contributed by atoms with Crippen LogP contribution in [0.3, 0.4) is 0 Å². The van der Waals surface area contributed by atoms with E-state index in [0.717, 1.165) is 56.4 Å². The lowest BCUT2D eigenvalue weighted by Gasteiger charge is -2.31. The third-order valence-electron chi connectivity index (χ3n) is 6.08. The molecule has 7 heteroatoms. The summed E-state index contributed by atoms with van der Waals surface area (Å²) in [5.41, 5.74) is 0.905. The molecule has 1 aliphatic heterocycles. The Bertz CT molecular complexity index is 929. The van der Waals surface area contributed by atoms with E-state index < -0.39 is 0 Å². The van der Waals surface area contributed by atoms with Crippen molar-refractivity contribution in [1.29, 1.82) is 0 Å². The first kappa shape index (κ1) is 27.0.